The summed E-state index contributed by atoms with van der Waals surface area (Å²) in [5.41, 5.74) is 0.477. The van der Waals surface area contributed by atoms with E-state index in [1.54, 1.807) is 12.4 Å². The lowest BCUT2D eigenvalue weighted by Gasteiger charge is -2.60. The fraction of sp³-hybridized carbons (Fsp3) is 0.647. The number of aromatic nitrogens is 4. The molecule has 0 spiro atoms. The van der Waals surface area contributed by atoms with Crippen LogP contribution < -0.4 is 5.32 Å². The van der Waals surface area contributed by atoms with Crippen LogP contribution in [-0.2, 0) is 16.9 Å². The van der Waals surface area contributed by atoms with E-state index < -0.39 is 0 Å². The molecule has 24 heavy (non-hydrogen) atoms. The lowest BCUT2D eigenvalue weighted by Crippen LogP contribution is -2.61. The van der Waals surface area contributed by atoms with Gasteiger partial charge in [-0.1, -0.05) is 5.16 Å². The molecule has 1 N–H and O–H groups in total. The predicted molar refractivity (Wildman–Crippen MR) is 83.5 cm³/mol. The van der Waals surface area contributed by atoms with Gasteiger partial charge in [0.25, 0.3) is 0 Å². The highest BCUT2D eigenvalue weighted by molar-refractivity contribution is 5.83. The Morgan fingerprint density at radius 3 is 2.83 bits per heavy atom. The SMILES string of the molecule is O=C(NCc1ccon1)C12C[C@H]3C[C@H](C1)CC(n1cncn1)(C3)C2. The fourth-order valence-electron chi connectivity index (χ4n) is 5.89. The standard InChI is InChI=1S/C17H21N5O2/c23-15(19-8-14-1-2-24-21-14)16-4-12-3-13(5-16)7-17(6-12,9-16)22-11-18-10-20-22/h1-2,10-13H,3-9H2,(H,19,23)/t12-,13-,16?,17?/m1/s1. The summed E-state index contributed by atoms with van der Waals surface area (Å²) in [5, 5.41) is 11.4. The van der Waals surface area contributed by atoms with Crippen LogP contribution in [0.25, 0.3) is 0 Å². The average Bonchev–Trinajstić information content (AvgIpc) is 3.25. The smallest absolute Gasteiger partial charge is 0.226 e. The van der Waals surface area contributed by atoms with E-state index in [1.807, 2.05) is 11.0 Å². The van der Waals surface area contributed by atoms with E-state index in [2.05, 4.69) is 20.6 Å². The molecule has 2 aromatic heterocycles. The van der Waals surface area contributed by atoms with Crippen LogP contribution >= 0.6 is 0 Å². The van der Waals surface area contributed by atoms with E-state index in [9.17, 15) is 4.79 Å². The number of carbonyl (C=O) groups is 1. The van der Waals surface area contributed by atoms with E-state index >= 15 is 0 Å². The molecule has 7 heteroatoms. The molecular weight excluding hydrogens is 306 g/mol. The topological polar surface area (TPSA) is 85.8 Å². The minimum absolute atomic E-state index is 0.0220. The van der Waals surface area contributed by atoms with Gasteiger partial charge in [0.05, 0.1) is 17.5 Å². The molecule has 4 bridgehead atoms. The summed E-state index contributed by atoms with van der Waals surface area (Å²) >= 11 is 0. The third-order valence-electron chi connectivity index (χ3n) is 6.34. The largest absolute Gasteiger partial charge is 0.364 e. The van der Waals surface area contributed by atoms with Gasteiger partial charge in [-0.25, -0.2) is 9.67 Å². The van der Waals surface area contributed by atoms with Gasteiger partial charge in [0.2, 0.25) is 5.91 Å². The maximum absolute atomic E-state index is 13.1. The van der Waals surface area contributed by atoms with Crippen molar-refractivity contribution in [3.05, 3.63) is 30.7 Å². The number of hydrogen-bond acceptors (Lipinski definition) is 5. The second-order valence-electron chi connectivity index (χ2n) is 7.98. The number of carbonyl (C=O) groups excluding carboxylic acids is 1. The molecular formula is C17H21N5O2. The fourth-order valence-corrected chi connectivity index (χ4v) is 5.89. The van der Waals surface area contributed by atoms with E-state index in [1.165, 1.54) is 12.7 Å². The average molecular weight is 327 g/mol. The van der Waals surface area contributed by atoms with E-state index in [0.717, 1.165) is 37.8 Å². The van der Waals surface area contributed by atoms with Crippen molar-refractivity contribution in [1.82, 2.24) is 25.2 Å². The number of amides is 1. The normalized spacial score (nSPS) is 36.8. The first-order valence-electron chi connectivity index (χ1n) is 8.70. The van der Waals surface area contributed by atoms with Crippen LogP contribution in [-0.4, -0.2) is 25.8 Å². The molecule has 126 valence electrons. The van der Waals surface area contributed by atoms with E-state index in [-0.39, 0.29) is 16.9 Å². The van der Waals surface area contributed by atoms with Gasteiger partial charge >= 0.3 is 0 Å². The molecule has 4 fully saturated rings. The zero-order valence-corrected chi connectivity index (χ0v) is 13.5. The minimum Gasteiger partial charge on any atom is -0.364 e. The molecule has 6 rings (SSSR count). The van der Waals surface area contributed by atoms with Gasteiger partial charge in [0.15, 0.2) is 0 Å². The van der Waals surface area contributed by atoms with Gasteiger partial charge in [-0.2, -0.15) is 5.10 Å². The lowest BCUT2D eigenvalue weighted by molar-refractivity contribution is -0.156. The van der Waals surface area contributed by atoms with Gasteiger partial charge in [0.1, 0.15) is 24.6 Å². The maximum Gasteiger partial charge on any atom is 0.226 e. The summed E-state index contributed by atoms with van der Waals surface area (Å²) in [4.78, 5) is 17.2. The molecule has 2 heterocycles. The first-order chi connectivity index (χ1) is 11.7. The third-order valence-corrected chi connectivity index (χ3v) is 6.34. The van der Waals surface area contributed by atoms with Crippen molar-refractivity contribution in [2.45, 2.75) is 50.6 Å². The third kappa shape index (κ3) is 2.03. The van der Waals surface area contributed by atoms with Crippen molar-refractivity contribution >= 4 is 5.91 Å². The number of nitrogens with one attached hydrogen (secondary N) is 1. The van der Waals surface area contributed by atoms with Crippen LogP contribution in [0.15, 0.2) is 29.5 Å². The Morgan fingerprint density at radius 1 is 1.33 bits per heavy atom. The Bertz CT molecular complexity index is 725. The van der Waals surface area contributed by atoms with Gasteiger partial charge in [0, 0.05) is 6.07 Å². The molecule has 1 amide bonds. The summed E-state index contributed by atoms with van der Waals surface area (Å²) in [5.74, 6) is 1.41. The summed E-state index contributed by atoms with van der Waals surface area (Å²) in [6, 6.07) is 1.79. The maximum atomic E-state index is 13.1. The second-order valence-corrected chi connectivity index (χ2v) is 7.98. The molecule has 4 aliphatic rings. The predicted octanol–water partition coefficient (Wildman–Crippen LogP) is 1.88. The van der Waals surface area contributed by atoms with Crippen LogP contribution in [0.5, 0.6) is 0 Å². The first kappa shape index (κ1) is 14.2. The molecule has 4 saturated carbocycles. The van der Waals surface area contributed by atoms with E-state index in [4.69, 9.17) is 4.52 Å². The summed E-state index contributed by atoms with van der Waals surface area (Å²) < 4.78 is 6.87. The van der Waals surface area contributed by atoms with Gasteiger partial charge in [-0.3, -0.25) is 4.79 Å². The molecule has 7 nitrogen and oxygen atoms in total. The van der Waals surface area contributed by atoms with Crippen LogP contribution in [0.3, 0.4) is 0 Å². The molecule has 0 unspecified atom stereocenters. The Morgan fingerprint density at radius 2 is 2.17 bits per heavy atom. The van der Waals surface area contributed by atoms with Crippen molar-refractivity contribution in [3.63, 3.8) is 0 Å². The quantitative estimate of drug-likeness (QED) is 0.926. The van der Waals surface area contributed by atoms with Crippen LogP contribution in [0.2, 0.25) is 0 Å². The highest BCUT2D eigenvalue weighted by Gasteiger charge is 2.61. The summed E-state index contributed by atoms with van der Waals surface area (Å²) in [6.45, 7) is 0.433. The zero-order chi connectivity index (χ0) is 16.2. The Kier molecular flexibility index (Phi) is 2.90. The number of hydrogen-bond donors (Lipinski definition) is 1. The molecule has 0 aliphatic heterocycles. The van der Waals surface area contributed by atoms with E-state index in [0.29, 0.717) is 18.4 Å². The van der Waals surface area contributed by atoms with Crippen LogP contribution in [0.1, 0.15) is 44.2 Å². The van der Waals surface area contributed by atoms with Gasteiger partial charge in [-0.05, 0) is 50.4 Å². The second kappa shape index (κ2) is 4.91. The zero-order valence-electron chi connectivity index (χ0n) is 13.5. The van der Waals surface area contributed by atoms with Crippen LogP contribution in [0.4, 0.5) is 0 Å². The molecule has 0 saturated heterocycles. The monoisotopic (exact) mass is 327 g/mol. The molecule has 2 atom stereocenters. The highest BCUT2D eigenvalue weighted by atomic mass is 16.5. The van der Waals surface area contributed by atoms with Crippen molar-refractivity contribution in [2.24, 2.45) is 17.3 Å². The van der Waals surface area contributed by atoms with Gasteiger partial charge in [-0.15, -0.1) is 0 Å². The van der Waals surface area contributed by atoms with Crippen molar-refractivity contribution in [3.8, 4) is 0 Å². The number of rotatable bonds is 4. The van der Waals surface area contributed by atoms with Crippen molar-refractivity contribution < 1.29 is 9.32 Å². The minimum atomic E-state index is -0.264. The molecule has 2 aromatic rings. The summed E-state index contributed by atoms with van der Waals surface area (Å²) in [7, 11) is 0. The van der Waals surface area contributed by atoms with Crippen molar-refractivity contribution in [2.75, 3.05) is 0 Å². The Balaban J connectivity index is 1.42. The Hall–Kier alpha value is -2.18. The van der Waals surface area contributed by atoms with Crippen LogP contribution in [0, 0.1) is 17.3 Å². The number of nitrogens with zero attached hydrogens (tertiary/aromatic N) is 4. The lowest BCUT2D eigenvalue weighted by atomic mass is 9.46. The first-order valence-corrected chi connectivity index (χ1v) is 8.70. The molecule has 0 radical (unpaired) electrons. The van der Waals surface area contributed by atoms with Crippen molar-refractivity contribution in [1.29, 1.82) is 0 Å². The van der Waals surface area contributed by atoms with Gasteiger partial charge < -0.3 is 9.84 Å². The molecule has 4 aliphatic carbocycles. The summed E-state index contributed by atoms with van der Waals surface area (Å²) in [6.07, 6.45) is 11.4. The highest BCUT2D eigenvalue weighted by Crippen LogP contribution is 2.64. The molecule has 0 aromatic carbocycles. The Labute approximate surface area is 139 Å².